The SMILES string of the molecule is CC1CN(C(CNC(=O)C2CCNCC2)c2cccs2)CCO1. The Morgan fingerprint density at radius 3 is 3.04 bits per heavy atom. The number of amides is 1. The molecular formula is C17H27N3O2S. The van der Waals surface area contributed by atoms with E-state index in [-0.39, 0.29) is 24.0 Å². The smallest absolute Gasteiger partial charge is 0.223 e. The van der Waals surface area contributed by atoms with Crippen LogP contribution < -0.4 is 10.6 Å². The number of hydrogen-bond acceptors (Lipinski definition) is 5. The van der Waals surface area contributed by atoms with Crippen molar-refractivity contribution in [1.82, 2.24) is 15.5 Å². The number of thiophene rings is 1. The van der Waals surface area contributed by atoms with E-state index in [0.29, 0.717) is 6.54 Å². The van der Waals surface area contributed by atoms with Crippen LogP contribution in [0.2, 0.25) is 0 Å². The molecule has 128 valence electrons. The molecule has 1 amide bonds. The summed E-state index contributed by atoms with van der Waals surface area (Å²) in [6.07, 6.45) is 2.15. The number of carbonyl (C=O) groups excluding carboxylic acids is 1. The lowest BCUT2D eigenvalue weighted by Gasteiger charge is -2.37. The maximum absolute atomic E-state index is 12.4. The van der Waals surface area contributed by atoms with E-state index in [1.807, 2.05) is 0 Å². The average molecular weight is 337 g/mol. The lowest BCUT2D eigenvalue weighted by Crippen LogP contribution is -2.47. The number of ether oxygens (including phenoxy) is 1. The lowest BCUT2D eigenvalue weighted by atomic mass is 9.97. The molecule has 2 fully saturated rings. The zero-order valence-electron chi connectivity index (χ0n) is 13.8. The number of nitrogens with one attached hydrogen (secondary N) is 2. The second kappa shape index (κ2) is 8.24. The van der Waals surface area contributed by atoms with Crippen LogP contribution in [0.4, 0.5) is 0 Å². The van der Waals surface area contributed by atoms with Crippen LogP contribution in [0.5, 0.6) is 0 Å². The van der Waals surface area contributed by atoms with Crippen LogP contribution in [0, 0.1) is 5.92 Å². The highest BCUT2D eigenvalue weighted by Crippen LogP contribution is 2.26. The van der Waals surface area contributed by atoms with E-state index in [9.17, 15) is 4.79 Å². The number of rotatable bonds is 5. The first-order valence-electron chi connectivity index (χ1n) is 8.61. The van der Waals surface area contributed by atoms with Crippen LogP contribution in [0.1, 0.15) is 30.7 Å². The van der Waals surface area contributed by atoms with Crippen molar-refractivity contribution in [3.63, 3.8) is 0 Å². The van der Waals surface area contributed by atoms with Crippen molar-refractivity contribution in [3.8, 4) is 0 Å². The van der Waals surface area contributed by atoms with Crippen molar-refractivity contribution >= 4 is 17.2 Å². The van der Waals surface area contributed by atoms with Gasteiger partial charge in [-0.15, -0.1) is 11.3 Å². The van der Waals surface area contributed by atoms with Gasteiger partial charge in [0.25, 0.3) is 0 Å². The Balaban J connectivity index is 1.61. The molecule has 0 bridgehead atoms. The van der Waals surface area contributed by atoms with Crippen LogP contribution in [0.15, 0.2) is 17.5 Å². The van der Waals surface area contributed by atoms with Crippen LogP contribution >= 0.6 is 11.3 Å². The zero-order valence-corrected chi connectivity index (χ0v) is 14.6. The Morgan fingerprint density at radius 2 is 2.35 bits per heavy atom. The van der Waals surface area contributed by atoms with E-state index < -0.39 is 0 Å². The molecule has 5 nitrogen and oxygen atoms in total. The minimum absolute atomic E-state index is 0.170. The number of hydrogen-bond donors (Lipinski definition) is 2. The van der Waals surface area contributed by atoms with Gasteiger partial charge in [0.05, 0.1) is 18.8 Å². The van der Waals surface area contributed by atoms with Crippen molar-refractivity contribution in [1.29, 1.82) is 0 Å². The molecule has 23 heavy (non-hydrogen) atoms. The van der Waals surface area contributed by atoms with E-state index in [0.717, 1.165) is 45.6 Å². The predicted molar refractivity (Wildman–Crippen MR) is 92.7 cm³/mol. The maximum Gasteiger partial charge on any atom is 0.223 e. The van der Waals surface area contributed by atoms with Crippen LogP contribution in [0.25, 0.3) is 0 Å². The van der Waals surface area contributed by atoms with Crippen LogP contribution in [0.3, 0.4) is 0 Å². The molecule has 3 heterocycles. The van der Waals surface area contributed by atoms with Gasteiger partial charge in [0.2, 0.25) is 5.91 Å². The van der Waals surface area contributed by atoms with Crippen molar-refractivity contribution in [3.05, 3.63) is 22.4 Å². The molecule has 0 aromatic carbocycles. The predicted octanol–water partition coefficient (Wildman–Crippen LogP) is 1.63. The molecule has 2 atom stereocenters. The van der Waals surface area contributed by atoms with E-state index >= 15 is 0 Å². The Hall–Kier alpha value is -0.950. The quantitative estimate of drug-likeness (QED) is 0.857. The molecule has 2 N–H and O–H groups in total. The van der Waals surface area contributed by atoms with Crippen molar-refractivity contribution < 1.29 is 9.53 Å². The fraction of sp³-hybridized carbons (Fsp3) is 0.706. The summed E-state index contributed by atoms with van der Waals surface area (Å²) in [6.45, 7) is 7.33. The van der Waals surface area contributed by atoms with E-state index in [1.54, 1.807) is 11.3 Å². The molecule has 1 aromatic rings. The summed E-state index contributed by atoms with van der Waals surface area (Å²) < 4.78 is 5.66. The maximum atomic E-state index is 12.4. The largest absolute Gasteiger partial charge is 0.376 e. The third-order valence-electron chi connectivity index (χ3n) is 4.76. The average Bonchev–Trinajstić information content (AvgIpc) is 3.10. The normalized spacial score (nSPS) is 25.2. The van der Waals surface area contributed by atoms with Crippen molar-refractivity contribution in [2.45, 2.75) is 31.9 Å². The fourth-order valence-corrected chi connectivity index (χ4v) is 4.31. The van der Waals surface area contributed by atoms with Gasteiger partial charge in [0, 0.05) is 30.4 Å². The summed E-state index contributed by atoms with van der Waals surface area (Å²) in [5.41, 5.74) is 0. The molecule has 2 unspecified atom stereocenters. The summed E-state index contributed by atoms with van der Waals surface area (Å²) in [5, 5.41) is 8.64. The third kappa shape index (κ3) is 4.53. The van der Waals surface area contributed by atoms with Gasteiger partial charge in [-0.05, 0) is 44.3 Å². The molecule has 3 rings (SSSR count). The summed E-state index contributed by atoms with van der Waals surface area (Å²) in [5.74, 6) is 0.387. The Labute approximate surface area is 142 Å². The van der Waals surface area contributed by atoms with Gasteiger partial charge in [-0.3, -0.25) is 9.69 Å². The van der Waals surface area contributed by atoms with Gasteiger partial charge < -0.3 is 15.4 Å². The fourth-order valence-electron chi connectivity index (χ4n) is 3.44. The number of carbonyl (C=O) groups is 1. The van der Waals surface area contributed by atoms with Crippen molar-refractivity contribution in [2.24, 2.45) is 5.92 Å². The van der Waals surface area contributed by atoms with Crippen LogP contribution in [-0.2, 0) is 9.53 Å². The van der Waals surface area contributed by atoms with Gasteiger partial charge in [-0.2, -0.15) is 0 Å². The standard InChI is InChI=1S/C17H27N3O2S/c1-13-12-20(8-9-22-13)15(16-3-2-10-23-16)11-19-17(21)14-4-6-18-7-5-14/h2-3,10,13-15,18H,4-9,11-12H2,1H3,(H,19,21). The lowest BCUT2D eigenvalue weighted by molar-refractivity contribution is -0.126. The molecule has 2 saturated heterocycles. The van der Waals surface area contributed by atoms with Crippen molar-refractivity contribution in [2.75, 3.05) is 39.3 Å². The van der Waals surface area contributed by atoms with E-state index in [1.165, 1.54) is 4.88 Å². The molecule has 0 spiro atoms. The molecule has 1 aromatic heterocycles. The molecule has 2 aliphatic heterocycles. The highest BCUT2D eigenvalue weighted by atomic mass is 32.1. The molecule has 2 aliphatic rings. The van der Waals surface area contributed by atoms with E-state index in [4.69, 9.17) is 4.74 Å². The van der Waals surface area contributed by atoms with Crippen LogP contribution in [-0.4, -0.2) is 56.2 Å². The van der Waals surface area contributed by atoms with Gasteiger partial charge in [0.15, 0.2) is 0 Å². The summed E-state index contributed by atoms with van der Waals surface area (Å²) in [4.78, 5) is 16.2. The van der Waals surface area contributed by atoms with Gasteiger partial charge in [-0.1, -0.05) is 6.07 Å². The molecule has 0 aliphatic carbocycles. The van der Waals surface area contributed by atoms with E-state index in [2.05, 4.69) is 40.0 Å². The summed E-state index contributed by atoms with van der Waals surface area (Å²) in [7, 11) is 0. The monoisotopic (exact) mass is 337 g/mol. The first kappa shape index (κ1) is 16.9. The zero-order chi connectivity index (χ0) is 16.1. The Kier molecular flexibility index (Phi) is 6.05. The summed E-state index contributed by atoms with van der Waals surface area (Å²) in [6, 6.07) is 4.52. The molecule has 0 radical (unpaired) electrons. The highest BCUT2D eigenvalue weighted by Gasteiger charge is 2.28. The number of nitrogens with zero attached hydrogens (tertiary/aromatic N) is 1. The minimum atomic E-state index is 0.170. The topological polar surface area (TPSA) is 53.6 Å². The van der Waals surface area contributed by atoms with Gasteiger partial charge >= 0.3 is 0 Å². The van der Waals surface area contributed by atoms with Gasteiger partial charge in [-0.25, -0.2) is 0 Å². The number of piperidine rings is 1. The second-order valence-electron chi connectivity index (χ2n) is 6.48. The molecule has 6 heteroatoms. The Bertz CT molecular complexity index is 488. The number of morpholine rings is 1. The second-order valence-corrected chi connectivity index (χ2v) is 7.46. The minimum Gasteiger partial charge on any atom is -0.376 e. The highest BCUT2D eigenvalue weighted by molar-refractivity contribution is 7.10. The van der Waals surface area contributed by atoms with Gasteiger partial charge in [0.1, 0.15) is 0 Å². The first-order valence-corrected chi connectivity index (χ1v) is 9.49. The molecule has 0 saturated carbocycles. The molecular weight excluding hydrogens is 310 g/mol. The Morgan fingerprint density at radius 1 is 1.52 bits per heavy atom. The first-order chi connectivity index (χ1) is 11.2. The third-order valence-corrected chi connectivity index (χ3v) is 5.74. The summed E-state index contributed by atoms with van der Waals surface area (Å²) >= 11 is 1.77.